The van der Waals surface area contributed by atoms with Gasteiger partial charge in [0.2, 0.25) is 0 Å². The fraction of sp³-hybridized carbons (Fsp3) is 0.143. The summed E-state index contributed by atoms with van der Waals surface area (Å²) >= 11 is 3.53. The number of thiol groups is 1. The highest BCUT2D eigenvalue weighted by Gasteiger charge is 2.17. The van der Waals surface area contributed by atoms with Gasteiger partial charge in [-0.3, -0.25) is 0 Å². The second-order valence-corrected chi connectivity index (χ2v) is 2.42. The summed E-state index contributed by atoms with van der Waals surface area (Å²) in [4.78, 5) is 0. The molecule has 0 aliphatic rings. The van der Waals surface area contributed by atoms with Crippen LogP contribution in [0.4, 0.5) is 17.6 Å². The number of hydrogen-bond donors (Lipinski definition) is 1. The molecule has 0 heterocycles. The lowest BCUT2D eigenvalue weighted by Crippen LogP contribution is -2.00. The Bertz CT molecular complexity index is 285. The summed E-state index contributed by atoms with van der Waals surface area (Å²) in [5.74, 6) is -5.96. The van der Waals surface area contributed by atoms with E-state index in [9.17, 15) is 17.6 Å². The molecule has 1 rings (SSSR count). The zero-order valence-electron chi connectivity index (χ0n) is 5.74. The normalized spacial score (nSPS) is 10.4. The molecule has 1 aromatic carbocycles. The number of benzene rings is 1. The average molecular weight is 196 g/mol. The predicted octanol–water partition coefficient (Wildman–Crippen LogP) is 2.67. The second-order valence-electron chi connectivity index (χ2n) is 2.10. The minimum atomic E-state index is -1.40. The molecule has 12 heavy (non-hydrogen) atoms. The molecule has 0 N–H and O–H groups in total. The van der Waals surface area contributed by atoms with Gasteiger partial charge in [0.05, 0.1) is 0 Å². The number of hydrogen-bond acceptors (Lipinski definition) is 1. The van der Waals surface area contributed by atoms with E-state index in [1.807, 2.05) is 0 Å². The highest BCUT2D eigenvalue weighted by atomic mass is 32.1. The monoisotopic (exact) mass is 196 g/mol. The molecular formula is C7H4F4S. The molecule has 0 saturated carbocycles. The molecule has 0 atom stereocenters. The molecule has 0 unspecified atom stereocenters. The fourth-order valence-electron chi connectivity index (χ4n) is 0.761. The zero-order valence-corrected chi connectivity index (χ0v) is 6.64. The van der Waals surface area contributed by atoms with Gasteiger partial charge < -0.3 is 0 Å². The summed E-state index contributed by atoms with van der Waals surface area (Å²) in [5, 5.41) is 0. The van der Waals surface area contributed by atoms with Gasteiger partial charge in [0, 0.05) is 17.4 Å². The third-order valence-corrected chi connectivity index (χ3v) is 1.68. The summed E-state index contributed by atoms with van der Waals surface area (Å²) in [6.45, 7) is 0. The van der Waals surface area contributed by atoms with Gasteiger partial charge in [-0.15, -0.1) is 0 Å². The molecule has 1 aromatic rings. The van der Waals surface area contributed by atoms with Crippen molar-refractivity contribution in [3.8, 4) is 0 Å². The molecule has 0 amide bonds. The minimum Gasteiger partial charge on any atom is -0.204 e. The van der Waals surface area contributed by atoms with E-state index < -0.39 is 28.8 Å². The Morgan fingerprint density at radius 2 is 1.42 bits per heavy atom. The standard InChI is InChI=1S/C7H4F4S/c8-4-1-5(9)7(11)3(2-12)6(4)10/h1,12H,2H2. The zero-order chi connectivity index (χ0) is 9.30. The van der Waals surface area contributed by atoms with Crippen LogP contribution in [-0.2, 0) is 5.75 Å². The fourth-order valence-corrected chi connectivity index (χ4v) is 1.04. The summed E-state index contributed by atoms with van der Waals surface area (Å²) in [6.07, 6.45) is 0. The molecule has 0 aliphatic heterocycles. The van der Waals surface area contributed by atoms with Crippen LogP contribution in [0.15, 0.2) is 6.07 Å². The first-order chi connectivity index (χ1) is 5.57. The SMILES string of the molecule is Fc1cc(F)c(F)c(CS)c1F. The van der Waals surface area contributed by atoms with Gasteiger partial charge in [0.1, 0.15) is 0 Å². The first kappa shape index (κ1) is 9.38. The minimum absolute atomic E-state index is 0.164. The van der Waals surface area contributed by atoms with Crippen molar-refractivity contribution in [2.45, 2.75) is 5.75 Å². The highest BCUT2D eigenvalue weighted by Crippen LogP contribution is 2.20. The second kappa shape index (κ2) is 3.35. The lowest BCUT2D eigenvalue weighted by molar-refractivity contribution is 0.444. The molecule has 66 valence electrons. The first-order valence-electron chi connectivity index (χ1n) is 3.00. The van der Waals surface area contributed by atoms with Crippen LogP contribution in [0.1, 0.15) is 5.56 Å². The van der Waals surface area contributed by atoms with Gasteiger partial charge in [0.15, 0.2) is 23.3 Å². The van der Waals surface area contributed by atoms with E-state index >= 15 is 0 Å². The van der Waals surface area contributed by atoms with E-state index in [1.165, 1.54) is 0 Å². The van der Waals surface area contributed by atoms with E-state index in [2.05, 4.69) is 12.6 Å². The lowest BCUT2D eigenvalue weighted by atomic mass is 10.2. The van der Waals surface area contributed by atoms with Crippen molar-refractivity contribution >= 4 is 12.6 Å². The van der Waals surface area contributed by atoms with Crippen molar-refractivity contribution in [1.29, 1.82) is 0 Å². The maximum Gasteiger partial charge on any atom is 0.165 e. The maximum absolute atomic E-state index is 12.6. The van der Waals surface area contributed by atoms with Gasteiger partial charge in [-0.1, -0.05) is 0 Å². The Hall–Kier alpha value is -0.710. The molecular weight excluding hydrogens is 192 g/mol. The summed E-state index contributed by atoms with van der Waals surface area (Å²) in [5.41, 5.74) is -0.684. The van der Waals surface area contributed by atoms with E-state index in [0.717, 1.165) is 0 Å². The van der Waals surface area contributed by atoms with Crippen LogP contribution >= 0.6 is 12.6 Å². The van der Waals surface area contributed by atoms with E-state index in [4.69, 9.17) is 0 Å². The third-order valence-electron chi connectivity index (χ3n) is 1.36. The predicted molar refractivity (Wildman–Crippen MR) is 39.0 cm³/mol. The van der Waals surface area contributed by atoms with E-state index in [-0.39, 0.29) is 11.8 Å². The summed E-state index contributed by atoms with van der Waals surface area (Å²) in [6, 6.07) is 0.164. The van der Waals surface area contributed by atoms with Crippen molar-refractivity contribution in [2.75, 3.05) is 0 Å². The number of rotatable bonds is 1. The molecule has 0 fully saturated rings. The van der Waals surface area contributed by atoms with Crippen LogP contribution in [0.3, 0.4) is 0 Å². The van der Waals surface area contributed by atoms with Gasteiger partial charge in [-0.2, -0.15) is 12.6 Å². The topological polar surface area (TPSA) is 0 Å². The van der Waals surface area contributed by atoms with Crippen molar-refractivity contribution in [3.05, 3.63) is 34.9 Å². The smallest absolute Gasteiger partial charge is 0.165 e. The molecule has 0 radical (unpaired) electrons. The highest BCUT2D eigenvalue weighted by molar-refractivity contribution is 7.79. The Labute approximate surface area is 71.6 Å². The average Bonchev–Trinajstić information content (AvgIpc) is 2.02. The quantitative estimate of drug-likeness (QED) is 0.398. The van der Waals surface area contributed by atoms with Crippen LogP contribution in [-0.4, -0.2) is 0 Å². The molecule has 0 nitrogen and oxygen atoms in total. The lowest BCUT2D eigenvalue weighted by Gasteiger charge is -2.02. The molecule has 0 bridgehead atoms. The van der Waals surface area contributed by atoms with Crippen LogP contribution in [0.25, 0.3) is 0 Å². The molecule has 0 aliphatic carbocycles. The van der Waals surface area contributed by atoms with Crippen LogP contribution in [0.5, 0.6) is 0 Å². The van der Waals surface area contributed by atoms with Crippen LogP contribution in [0, 0.1) is 23.3 Å². The maximum atomic E-state index is 12.6. The van der Waals surface area contributed by atoms with Gasteiger partial charge in [-0.05, 0) is 0 Å². The van der Waals surface area contributed by atoms with Gasteiger partial charge >= 0.3 is 0 Å². The van der Waals surface area contributed by atoms with E-state index in [1.54, 1.807) is 0 Å². The number of halogens is 4. The van der Waals surface area contributed by atoms with Crippen molar-refractivity contribution in [3.63, 3.8) is 0 Å². The molecule has 5 heteroatoms. The first-order valence-corrected chi connectivity index (χ1v) is 3.64. The van der Waals surface area contributed by atoms with Crippen LogP contribution < -0.4 is 0 Å². The summed E-state index contributed by atoms with van der Waals surface area (Å²) < 4.78 is 50.0. The Kier molecular flexibility index (Phi) is 2.62. The Balaban J connectivity index is 3.42. The molecule has 0 spiro atoms. The van der Waals surface area contributed by atoms with Gasteiger partial charge in [-0.25, -0.2) is 17.6 Å². The van der Waals surface area contributed by atoms with Crippen LogP contribution in [0.2, 0.25) is 0 Å². The van der Waals surface area contributed by atoms with Crippen molar-refractivity contribution in [2.24, 2.45) is 0 Å². The van der Waals surface area contributed by atoms with E-state index in [0.29, 0.717) is 0 Å². The molecule has 0 saturated heterocycles. The molecule has 0 aromatic heterocycles. The summed E-state index contributed by atoms with van der Waals surface area (Å²) in [7, 11) is 0. The van der Waals surface area contributed by atoms with Crippen molar-refractivity contribution < 1.29 is 17.6 Å². The largest absolute Gasteiger partial charge is 0.204 e. The third kappa shape index (κ3) is 1.41. The Morgan fingerprint density at radius 3 is 1.75 bits per heavy atom. The Morgan fingerprint density at radius 1 is 1.00 bits per heavy atom. The van der Waals surface area contributed by atoms with Gasteiger partial charge in [0.25, 0.3) is 0 Å². The van der Waals surface area contributed by atoms with Crippen molar-refractivity contribution in [1.82, 2.24) is 0 Å².